The van der Waals surface area contributed by atoms with E-state index in [1.54, 1.807) is 0 Å². The first kappa shape index (κ1) is 12.1. The van der Waals surface area contributed by atoms with Crippen LogP contribution in [-0.4, -0.2) is 29.1 Å². The zero-order chi connectivity index (χ0) is 13.5. The fourth-order valence-corrected chi connectivity index (χ4v) is 3.79. The van der Waals surface area contributed by atoms with Crippen LogP contribution in [0.4, 0.5) is 5.95 Å². The molecule has 1 aliphatic carbocycles. The number of rotatable bonds is 1. The third-order valence-electron chi connectivity index (χ3n) is 4.91. The minimum absolute atomic E-state index is 0.360. The van der Waals surface area contributed by atoms with Gasteiger partial charge in [-0.25, -0.2) is 9.97 Å². The number of hydrogen-bond donors (Lipinski definition) is 1. The van der Waals surface area contributed by atoms with Crippen LogP contribution < -0.4 is 10.6 Å². The van der Waals surface area contributed by atoms with E-state index in [2.05, 4.69) is 22.0 Å². The van der Waals surface area contributed by atoms with Crippen molar-refractivity contribution in [2.75, 3.05) is 18.0 Å². The summed E-state index contributed by atoms with van der Waals surface area (Å²) in [5, 5.41) is 1.10. The molecule has 2 N–H and O–H groups in total. The van der Waals surface area contributed by atoms with Gasteiger partial charge in [0.15, 0.2) is 0 Å². The molecule has 0 spiro atoms. The molecule has 2 heterocycles. The fourth-order valence-electron chi connectivity index (χ4n) is 3.79. The van der Waals surface area contributed by atoms with Crippen molar-refractivity contribution >= 4 is 16.9 Å². The average molecular weight is 268 g/mol. The van der Waals surface area contributed by atoms with Gasteiger partial charge in [0.05, 0.1) is 5.52 Å². The number of benzene rings is 1. The zero-order valence-corrected chi connectivity index (χ0v) is 11.6. The molecule has 2 aliphatic rings. The molecule has 3 atom stereocenters. The van der Waals surface area contributed by atoms with Gasteiger partial charge in [-0.3, -0.25) is 0 Å². The SMILES string of the molecule is NC1CCCC2CN(c3ncc4ccccc4n3)CC12. The topological polar surface area (TPSA) is 55.0 Å². The summed E-state index contributed by atoms with van der Waals surface area (Å²) >= 11 is 0. The maximum Gasteiger partial charge on any atom is 0.225 e. The van der Waals surface area contributed by atoms with E-state index in [0.717, 1.165) is 35.9 Å². The van der Waals surface area contributed by atoms with Gasteiger partial charge in [-0.15, -0.1) is 0 Å². The molecule has 1 aromatic carbocycles. The van der Waals surface area contributed by atoms with E-state index in [4.69, 9.17) is 10.7 Å². The van der Waals surface area contributed by atoms with Crippen molar-refractivity contribution in [2.24, 2.45) is 17.6 Å². The van der Waals surface area contributed by atoms with Crippen LogP contribution in [0.5, 0.6) is 0 Å². The molecule has 4 rings (SSSR count). The molecule has 1 aromatic heterocycles. The van der Waals surface area contributed by atoms with Crippen LogP contribution in [0.2, 0.25) is 0 Å². The van der Waals surface area contributed by atoms with Crippen molar-refractivity contribution < 1.29 is 0 Å². The van der Waals surface area contributed by atoms with Gasteiger partial charge in [0.25, 0.3) is 0 Å². The molecule has 0 radical (unpaired) electrons. The van der Waals surface area contributed by atoms with E-state index in [9.17, 15) is 0 Å². The Hall–Kier alpha value is -1.68. The van der Waals surface area contributed by atoms with Crippen LogP contribution in [-0.2, 0) is 0 Å². The van der Waals surface area contributed by atoms with Gasteiger partial charge in [0, 0.05) is 30.7 Å². The average Bonchev–Trinajstić information content (AvgIpc) is 2.92. The Morgan fingerprint density at radius 3 is 2.95 bits per heavy atom. The van der Waals surface area contributed by atoms with Crippen molar-refractivity contribution in [1.29, 1.82) is 0 Å². The second-order valence-electron chi connectivity index (χ2n) is 6.15. The first-order valence-corrected chi connectivity index (χ1v) is 7.53. The van der Waals surface area contributed by atoms with Crippen molar-refractivity contribution in [3.8, 4) is 0 Å². The summed E-state index contributed by atoms with van der Waals surface area (Å²) in [6.45, 7) is 2.08. The van der Waals surface area contributed by atoms with Gasteiger partial charge < -0.3 is 10.6 Å². The Labute approximate surface area is 119 Å². The molecule has 20 heavy (non-hydrogen) atoms. The van der Waals surface area contributed by atoms with Crippen molar-refractivity contribution in [2.45, 2.75) is 25.3 Å². The molecular formula is C16H20N4. The summed E-state index contributed by atoms with van der Waals surface area (Å²) in [5.41, 5.74) is 7.31. The van der Waals surface area contributed by atoms with Crippen molar-refractivity contribution in [3.05, 3.63) is 30.5 Å². The number of nitrogens with zero attached hydrogens (tertiary/aromatic N) is 3. The summed E-state index contributed by atoms with van der Waals surface area (Å²) < 4.78 is 0. The van der Waals surface area contributed by atoms with Gasteiger partial charge in [0.2, 0.25) is 5.95 Å². The second kappa shape index (κ2) is 4.70. The largest absolute Gasteiger partial charge is 0.340 e. The summed E-state index contributed by atoms with van der Waals surface area (Å²) in [5.74, 6) is 2.22. The summed E-state index contributed by atoms with van der Waals surface area (Å²) in [6.07, 6.45) is 5.68. The molecule has 3 unspecified atom stereocenters. The van der Waals surface area contributed by atoms with Gasteiger partial charge in [-0.2, -0.15) is 0 Å². The first-order chi connectivity index (χ1) is 9.81. The van der Waals surface area contributed by atoms with E-state index >= 15 is 0 Å². The Balaban J connectivity index is 1.63. The lowest BCUT2D eigenvalue weighted by molar-refractivity contribution is 0.260. The first-order valence-electron chi connectivity index (χ1n) is 7.53. The lowest BCUT2D eigenvalue weighted by Crippen LogP contribution is -2.38. The molecule has 0 bridgehead atoms. The van der Waals surface area contributed by atoms with Crippen molar-refractivity contribution in [3.63, 3.8) is 0 Å². The summed E-state index contributed by atoms with van der Waals surface area (Å²) in [7, 11) is 0. The Morgan fingerprint density at radius 2 is 2.05 bits per heavy atom. The number of anilines is 1. The third-order valence-corrected chi connectivity index (χ3v) is 4.91. The van der Waals surface area contributed by atoms with E-state index in [0.29, 0.717) is 12.0 Å². The van der Waals surface area contributed by atoms with Gasteiger partial charge >= 0.3 is 0 Å². The number of nitrogens with two attached hydrogens (primary N) is 1. The van der Waals surface area contributed by atoms with Crippen LogP contribution in [0.3, 0.4) is 0 Å². The molecule has 1 saturated carbocycles. The molecular weight excluding hydrogens is 248 g/mol. The minimum Gasteiger partial charge on any atom is -0.340 e. The number of fused-ring (bicyclic) bond motifs is 2. The van der Waals surface area contributed by atoms with Crippen LogP contribution in [0.1, 0.15) is 19.3 Å². The quantitative estimate of drug-likeness (QED) is 0.861. The third kappa shape index (κ3) is 1.95. The molecule has 104 valence electrons. The Bertz CT molecular complexity index is 627. The fraction of sp³-hybridized carbons (Fsp3) is 0.500. The smallest absolute Gasteiger partial charge is 0.225 e. The van der Waals surface area contributed by atoms with Crippen LogP contribution >= 0.6 is 0 Å². The van der Waals surface area contributed by atoms with Gasteiger partial charge in [-0.1, -0.05) is 24.6 Å². The molecule has 4 nitrogen and oxygen atoms in total. The van der Waals surface area contributed by atoms with Gasteiger partial charge in [-0.05, 0) is 30.7 Å². The van der Waals surface area contributed by atoms with Crippen LogP contribution in [0, 0.1) is 11.8 Å². The summed E-state index contributed by atoms with van der Waals surface area (Å²) in [6, 6.07) is 8.51. The summed E-state index contributed by atoms with van der Waals surface area (Å²) in [4.78, 5) is 11.6. The number of aromatic nitrogens is 2. The molecule has 1 saturated heterocycles. The van der Waals surface area contributed by atoms with E-state index < -0.39 is 0 Å². The molecule has 2 aromatic rings. The van der Waals surface area contributed by atoms with E-state index in [1.165, 1.54) is 19.3 Å². The highest BCUT2D eigenvalue weighted by Crippen LogP contribution is 2.36. The Kier molecular flexibility index (Phi) is 2.84. The van der Waals surface area contributed by atoms with Crippen molar-refractivity contribution in [1.82, 2.24) is 9.97 Å². The van der Waals surface area contributed by atoms with Gasteiger partial charge in [0.1, 0.15) is 0 Å². The number of para-hydroxylation sites is 1. The minimum atomic E-state index is 0.360. The molecule has 2 fully saturated rings. The predicted octanol–water partition coefficient (Wildman–Crippen LogP) is 2.19. The predicted molar refractivity (Wildman–Crippen MR) is 80.6 cm³/mol. The Morgan fingerprint density at radius 1 is 1.15 bits per heavy atom. The molecule has 4 heteroatoms. The highest BCUT2D eigenvalue weighted by molar-refractivity contribution is 5.78. The van der Waals surface area contributed by atoms with E-state index in [-0.39, 0.29) is 0 Å². The normalized spacial score (nSPS) is 29.6. The lowest BCUT2D eigenvalue weighted by atomic mass is 9.78. The van der Waals surface area contributed by atoms with E-state index in [1.807, 2.05) is 18.3 Å². The highest BCUT2D eigenvalue weighted by Gasteiger charge is 2.39. The molecule has 0 amide bonds. The lowest BCUT2D eigenvalue weighted by Gasteiger charge is -2.29. The second-order valence-corrected chi connectivity index (χ2v) is 6.15. The highest BCUT2D eigenvalue weighted by atomic mass is 15.3. The maximum absolute atomic E-state index is 6.28. The molecule has 1 aliphatic heterocycles. The monoisotopic (exact) mass is 268 g/mol. The van der Waals surface area contributed by atoms with Crippen LogP contribution in [0.25, 0.3) is 10.9 Å². The van der Waals surface area contributed by atoms with Crippen LogP contribution in [0.15, 0.2) is 30.5 Å². The zero-order valence-electron chi connectivity index (χ0n) is 11.6. The number of hydrogen-bond acceptors (Lipinski definition) is 4. The standard InChI is InChI=1S/C16H20N4/c17-14-6-3-5-12-9-20(10-13(12)14)16-18-8-11-4-1-2-7-15(11)19-16/h1-2,4,7-8,12-14H,3,5-6,9-10,17H2. The maximum atomic E-state index is 6.28.